The zero-order valence-electron chi connectivity index (χ0n) is 12.5. The van der Waals surface area contributed by atoms with Gasteiger partial charge in [0, 0.05) is 12.8 Å². The highest BCUT2D eigenvalue weighted by Gasteiger charge is 2.32. The third kappa shape index (κ3) is 4.46. The first-order valence-electron chi connectivity index (χ1n) is 7.22. The maximum Gasteiger partial charge on any atom is 0.416 e. The molecule has 2 rings (SSSR count). The number of amides is 3. The molecule has 1 aliphatic heterocycles. The van der Waals surface area contributed by atoms with Gasteiger partial charge in [0.25, 0.3) is 0 Å². The molecule has 4 N–H and O–H groups in total. The van der Waals surface area contributed by atoms with Crippen LogP contribution in [0, 0.1) is 0 Å². The number of hydrogen-bond donors (Lipinski definition) is 3. The number of hydrogen-bond acceptors (Lipinski definition) is 3. The minimum atomic E-state index is -4.50. The van der Waals surface area contributed by atoms with Gasteiger partial charge in [0.15, 0.2) is 0 Å². The SMILES string of the molecule is NC(=O)[C@@H](Cc1cccc(C(F)(F)F)c1)NC(=O)[C@@H]1CCC(=O)N1. The van der Waals surface area contributed by atoms with Gasteiger partial charge in [-0.2, -0.15) is 13.2 Å². The van der Waals surface area contributed by atoms with Gasteiger partial charge in [0.05, 0.1) is 5.56 Å². The molecule has 0 bridgehead atoms. The maximum atomic E-state index is 12.7. The van der Waals surface area contributed by atoms with Crippen LogP contribution < -0.4 is 16.4 Å². The van der Waals surface area contributed by atoms with Crippen molar-refractivity contribution in [3.8, 4) is 0 Å². The summed E-state index contributed by atoms with van der Waals surface area (Å²) in [6.45, 7) is 0. The summed E-state index contributed by atoms with van der Waals surface area (Å²) in [6, 6.07) is 2.51. The van der Waals surface area contributed by atoms with Gasteiger partial charge < -0.3 is 16.4 Å². The molecule has 0 aromatic heterocycles. The lowest BCUT2D eigenvalue weighted by Gasteiger charge is -2.19. The number of halogens is 3. The molecule has 0 spiro atoms. The molecular formula is C15H16F3N3O3. The van der Waals surface area contributed by atoms with Crippen molar-refractivity contribution in [2.45, 2.75) is 37.5 Å². The molecule has 1 aliphatic rings. The number of benzene rings is 1. The normalized spacial score (nSPS) is 18.8. The molecule has 24 heavy (non-hydrogen) atoms. The molecule has 6 nitrogen and oxygen atoms in total. The molecule has 1 fully saturated rings. The molecule has 2 atom stereocenters. The summed E-state index contributed by atoms with van der Waals surface area (Å²) in [5.41, 5.74) is 4.58. The molecule has 3 amide bonds. The first-order chi connectivity index (χ1) is 11.2. The van der Waals surface area contributed by atoms with Gasteiger partial charge in [-0.25, -0.2) is 0 Å². The van der Waals surface area contributed by atoms with Crippen molar-refractivity contribution in [3.63, 3.8) is 0 Å². The number of nitrogens with two attached hydrogens (primary N) is 1. The molecule has 0 aliphatic carbocycles. The Kier molecular flexibility index (Phi) is 5.10. The van der Waals surface area contributed by atoms with Gasteiger partial charge in [-0.3, -0.25) is 14.4 Å². The van der Waals surface area contributed by atoms with E-state index in [1.807, 2.05) is 0 Å². The lowest BCUT2D eigenvalue weighted by atomic mass is 10.0. The van der Waals surface area contributed by atoms with Gasteiger partial charge in [-0.15, -0.1) is 0 Å². The van der Waals surface area contributed by atoms with E-state index in [-0.39, 0.29) is 24.3 Å². The Bertz CT molecular complexity index is 661. The highest BCUT2D eigenvalue weighted by Crippen LogP contribution is 2.29. The zero-order chi connectivity index (χ0) is 17.9. The van der Waals surface area contributed by atoms with Crippen LogP contribution in [0.5, 0.6) is 0 Å². The third-order valence-electron chi connectivity index (χ3n) is 3.67. The second kappa shape index (κ2) is 6.90. The van der Waals surface area contributed by atoms with Gasteiger partial charge >= 0.3 is 6.18 Å². The second-order valence-corrected chi connectivity index (χ2v) is 5.52. The second-order valence-electron chi connectivity index (χ2n) is 5.52. The average Bonchev–Trinajstić information content (AvgIpc) is 2.92. The Morgan fingerprint density at radius 1 is 1.38 bits per heavy atom. The lowest BCUT2D eigenvalue weighted by Crippen LogP contribution is -2.51. The highest BCUT2D eigenvalue weighted by atomic mass is 19.4. The molecule has 1 aromatic rings. The Morgan fingerprint density at radius 3 is 2.62 bits per heavy atom. The van der Waals surface area contributed by atoms with E-state index in [1.165, 1.54) is 12.1 Å². The van der Waals surface area contributed by atoms with E-state index >= 15 is 0 Å². The highest BCUT2D eigenvalue weighted by molar-refractivity contribution is 5.93. The first-order valence-corrected chi connectivity index (χ1v) is 7.22. The van der Waals surface area contributed by atoms with Crippen molar-refractivity contribution in [1.82, 2.24) is 10.6 Å². The van der Waals surface area contributed by atoms with E-state index < -0.39 is 35.6 Å². The number of alkyl halides is 3. The van der Waals surface area contributed by atoms with Crippen LogP contribution in [0.25, 0.3) is 0 Å². The fourth-order valence-corrected chi connectivity index (χ4v) is 2.42. The van der Waals surface area contributed by atoms with Crippen molar-refractivity contribution in [3.05, 3.63) is 35.4 Å². The van der Waals surface area contributed by atoms with Crippen LogP contribution in [-0.4, -0.2) is 29.8 Å². The average molecular weight is 343 g/mol. The summed E-state index contributed by atoms with van der Waals surface area (Å²) in [5.74, 6) is -1.73. The number of carbonyl (C=O) groups excluding carboxylic acids is 3. The van der Waals surface area contributed by atoms with E-state index in [1.54, 1.807) is 0 Å². The van der Waals surface area contributed by atoms with E-state index in [9.17, 15) is 27.6 Å². The summed E-state index contributed by atoms with van der Waals surface area (Å²) >= 11 is 0. The van der Waals surface area contributed by atoms with Crippen molar-refractivity contribution in [1.29, 1.82) is 0 Å². The molecule has 1 aromatic carbocycles. The standard InChI is InChI=1S/C15H16F3N3O3/c16-15(17,18)9-3-1-2-8(6-9)7-11(13(19)23)21-14(24)10-4-5-12(22)20-10/h1-3,6,10-11H,4-5,7H2,(H2,19,23)(H,20,22)(H,21,24)/t10-,11+/m0/s1. The molecule has 9 heteroatoms. The Hall–Kier alpha value is -2.58. The van der Waals surface area contributed by atoms with E-state index in [4.69, 9.17) is 5.73 Å². The summed E-state index contributed by atoms with van der Waals surface area (Å²) < 4.78 is 38.1. The number of rotatable bonds is 5. The quantitative estimate of drug-likeness (QED) is 0.725. The number of nitrogens with one attached hydrogen (secondary N) is 2. The van der Waals surface area contributed by atoms with Crippen LogP contribution in [0.2, 0.25) is 0 Å². The van der Waals surface area contributed by atoms with Crippen molar-refractivity contribution in [2.75, 3.05) is 0 Å². The van der Waals surface area contributed by atoms with Crippen LogP contribution in [0.1, 0.15) is 24.0 Å². The maximum absolute atomic E-state index is 12.7. The zero-order valence-corrected chi connectivity index (χ0v) is 12.5. The van der Waals surface area contributed by atoms with Crippen LogP contribution in [-0.2, 0) is 27.0 Å². The first kappa shape index (κ1) is 17.8. The van der Waals surface area contributed by atoms with E-state index in [2.05, 4.69) is 10.6 Å². The van der Waals surface area contributed by atoms with Crippen LogP contribution in [0.3, 0.4) is 0 Å². The van der Waals surface area contributed by atoms with Crippen molar-refractivity contribution < 1.29 is 27.6 Å². The predicted octanol–water partition coefficient (Wildman–Crippen LogP) is 0.497. The molecule has 1 heterocycles. The fraction of sp³-hybridized carbons (Fsp3) is 0.400. The largest absolute Gasteiger partial charge is 0.416 e. The monoisotopic (exact) mass is 343 g/mol. The number of primary amides is 1. The van der Waals surface area contributed by atoms with Gasteiger partial charge in [-0.05, 0) is 18.1 Å². The summed E-state index contributed by atoms with van der Waals surface area (Å²) in [4.78, 5) is 34.6. The predicted molar refractivity (Wildman–Crippen MR) is 77.4 cm³/mol. The summed E-state index contributed by atoms with van der Waals surface area (Å²) in [6.07, 6.45) is -4.19. The summed E-state index contributed by atoms with van der Waals surface area (Å²) in [5, 5.41) is 4.82. The van der Waals surface area contributed by atoms with Gasteiger partial charge in [0.2, 0.25) is 17.7 Å². The van der Waals surface area contributed by atoms with Crippen molar-refractivity contribution in [2.24, 2.45) is 5.73 Å². The van der Waals surface area contributed by atoms with E-state index in [0.717, 1.165) is 12.1 Å². The van der Waals surface area contributed by atoms with Crippen LogP contribution in [0.4, 0.5) is 13.2 Å². The topological polar surface area (TPSA) is 101 Å². The fourth-order valence-electron chi connectivity index (χ4n) is 2.42. The molecule has 0 unspecified atom stereocenters. The third-order valence-corrected chi connectivity index (χ3v) is 3.67. The Morgan fingerprint density at radius 2 is 2.08 bits per heavy atom. The Labute approximate surface area is 135 Å². The van der Waals surface area contributed by atoms with Crippen LogP contribution >= 0.6 is 0 Å². The van der Waals surface area contributed by atoms with Crippen LogP contribution in [0.15, 0.2) is 24.3 Å². The Balaban J connectivity index is 2.07. The molecule has 0 radical (unpaired) electrons. The lowest BCUT2D eigenvalue weighted by molar-refractivity contribution is -0.137. The van der Waals surface area contributed by atoms with Crippen molar-refractivity contribution >= 4 is 17.7 Å². The molecule has 0 saturated carbocycles. The van der Waals surface area contributed by atoms with Gasteiger partial charge in [0.1, 0.15) is 12.1 Å². The smallest absolute Gasteiger partial charge is 0.368 e. The molecular weight excluding hydrogens is 327 g/mol. The number of carbonyl (C=O) groups is 3. The minimum absolute atomic E-state index is 0.175. The summed E-state index contributed by atoms with van der Waals surface area (Å²) in [7, 11) is 0. The minimum Gasteiger partial charge on any atom is -0.368 e. The van der Waals surface area contributed by atoms with Gasteiger partial charge in [-0.1, -0.05) is 18.2 Å². The van der Waals surface area contributed by atoms with E-state index in [0.29, 0.717) is 6.42 Å². The molecule has 1 saturated heterocycles. The molecule has 130 valence electrons.